The second-order valence-corrected chi connectivity index (χ2v) is 6.23. The number of aliphatic hydroxyl groups is 1. The van der Waals surface area contributed by atoms with Crippen molar-refractivity contribution in [3.8, 4) is 22.6 Å². The quantitative estimate of drug-likeness (QED) is 0.714. The molecular formula is C20H24N4O. The van der Waals surface area contributed by atoms with Gasteiger partial charge in [0.25, 0.3) is 0 Å². The van der Waals surface area contributed by atoms with E-state index in [4.69, 9.17) is 0 Å². The van der Waals surface area contributed by atoms with Crippen LogP contribution in [0.4, 0.5) is 0 Å². The second-order valence-electron chi connectivity index (χ2n) is 6.23. The Bertz CT molecular complexity index is 811. The van der Waals surface area contributed by atoms with Crippen LogP contribution in [0.2, 0.25) is 0 Å². The summed E-state index contributed by atoms with van der Waals surface area (Å²) in [6, 6.07) is 10.0. The van der Waals surface area contributed by atoms with Gasteiger partial charge in [0, 0.05) is 29.7 Å². The standard InChI is InChI=1S/C20H24N4O/c1-3-6-15-12-21-20(22-13-15)17-8-5-7-16(11-17)19-9-10-24(23-19)14-18(25)4-2/h5,7-13,18,25H,3-4,6,14H2,1-2H3/t18-/m1/s1. The van der Waals surface area contributed by atoms with E-state index in [2.05, 4.69) is 28.1 Å². The van der Waals surface area contributed by atoms with E-state index in [-0.39, 0.29) is 6.10 Å². The Morgan fingerprint density at radius 3 is 2.56 bits per heavy atom. The summed E-state index contributed by atoms with van der Waals surface area (Å²) < 4.78 is 1.78. The van der Waals surface area contributed by atoms with Crippen molar-refractivity contribution in [2.75, 3.05) is 0 Å². The number of aryl methyl sites for hydroxylation is 1. The summed E-state index contributed by atoms with van der Waals surface area (Å²) in [6.07, 6.45) is 8.15. The van der Waals surface area contributed by atoms with E-state index in [1.807, 2.05) is 49.8 Å². The molecule has 130 valence electrons. The predicted molar refractivity (Wildman–Crippen MR) is 99.0 cm³/mol. The number of nitrogens with zero attached hydrogens (tertiary/aromatic N) is 4. The normalized spacial score (nSPS) is 12.3. The van der Waals surface area contributed by atoms with E-state index in [0.717, 1.165) is 47.5 Å². The van der Waals surface area contributed by atoms with Crippen LogP contribution in [-0.2, 0) is 13.0 Å². The summed E-state index contributed by atoms with van der Waals surface area (Å²) in [5.74, 6) is 0.725. The minimum absolute atomic E-state index is 0.367. The largest absolute Gasteiger partial charge is 0.391 e. The molecule has 0 spiro atoms. The molecule has 0 amide bonds. The molecule has 3 aromatic rings. The summed E-state index contributed by atoms with van der Waals surface area (Å²) in [6.45, 7) is 4.62. The highest BCUT2D eigenvalue weighted by molar-refractivity contribution is 5.67. The van der Waals surface area contributed by atoms with Crippen molar-refractivity contribution in [2.24, 2.45) is 0 Å². The van der Waals surface area contributed by atoms with Gasteiger partial charge in [-0.15, -0.1) is 0 Å². The van der Waals surface area contributed by atoms with E-state index in [0.29, 0.717) is 6.54 Å². The summed E-state index contributed by atoms with van der Waals surface area (Å²) in [5, 5.41) is 14.3. The average Bonchev–Trinajstić information content (AvgIpc) is 3.11. The van der Waals surface area contributed by atoms with Gasteiger partial charge in [-0.3, -0.25) is 4.68 Å². The maximum atomic E-state index is 9.77. The molecule has 2 aromatic heterocycles. The Kier molecular flexibility index (Phi) is 5.56. The van der Waals surface area contributed by atoms with E-state index in [1.54, 1.807) is 4.68 Å². The molecule has 1 N–H and O–H groups in total. The van der Waals surface area contributed by atoms with Gasteiger partial charge >= 0.3 is 0 Å². The smallest absolute Gasteiger partial charge is 0.159 e. The third-order valence-corrected chi connectivity index (χ3v) is 4.17. The van der Waals surface area contributed by atoms with Gasteiger partial charge in [0.2, 0.25) is 0 Å². The molecule has 1 atom stereocenters. The molecule has 0 aliphatic heterocycles. The molecule has 0 aliphatic carbocycles. The third kappa shape index (κ3) is 4.31. The number of hydrogen-bond donors (Lipinski definition) is 1. The Morgan fingerprint density at radius 1 is 1.08 bits per heavy atom. The van der Waals surface area contributed by atoms with Crippen LogP contribution in [0.3, 0.4) is 0 Å². The van der Waals surface area contributed by atoms with Gasteiger partial charge < -0.3 is 5.11 Å². The zero-order valence-electron chi connectivity index (χ0n) is 14.8. The van der Waals surface area contributed by atoms with Crippen LogP contribution in [0, 0.1) is 0 Å². The molecule has 5 heteroatoms. The van der Waals surface area contributed by atoms with Crippen LogP contribution < -0.4 is 0 Å². The van der Waals surface area contributed by atoms with Crippen molar-refractivity contribution in [2.45, 2.75) is 45.8 Å². The Morgan fingerprint density at radius 2 is 1.84 bits per heavy atom. The molecule has 0 bridgehead atoms. The minimum Gasteiger partial charge on any atom is -0.391 e. The second kappa shape index (κ2) is 8.03. The third-order valence-electron chi connectivity index (χ3n) is 4.17. The van der Waals surface area contributed by atoms with Crippen LogP contribution in [0.15, 0.2) is 48.9 Å². The van der Waals surface area contributed by atoms with E-state index >= 15 is 0 Å². The molecule has 5 nitrogen and oxygen atoms in total. The maximum Gasteiger partial charge on any atom is 0.159 e. The summed E-state index contributed by atoms with van der Waals surface area (Å²) in [5.41, 5.74) is 4.04. The number of hydrogen-bond acceptors (Lipinski definition) is 4. The monoisotopic (exact) mass is 336 g/mol. The molecule has 0 aliphatic rings. The zero-order chi connectivity index (χ0) is 17.6. The molecule has 0 saturated heterocycles. The first-order valence-electron chi connectivity index (χ1n) is 8.82. The van der Waals surface area contributed by atoms with Crippen molar-refractivity contribution in [1.29, 1.82) is 0 Å². The molecule has 2 heterocycles. The fourth-order valence-corrected chi connectivity index (χ4v) is 2.70. The highest BCUT2D eigenvalue weighted by Crippen LogP contribution is 2.23. The van der Waals surface area contributed by atoms with Crippen LogP contribution in [0.1, 0.15) is 32.3 Å². The van der Waals surface area contributed by atoms with E-state index < -0.39 is 0 Å². The van der Waals surface area contributed by atoms with Crippen molar-refractivity contribution in [1.82, 2.24) is 19.7 Å². The number of rotatable bonds is 7. The highest BCUT2D eigenvalue weighted by Gasteiger charge is 2.08. The molecule has 0 saturated carbocycles. The van der Waals surface area contributed by atoms with E-state index in [9.17, 15) is 5.11 Å². The van der Waals surface area contributed by atoms with Crippen LogP contribution in [0.25, 0.3) is 22.6 Å². The lowest BCUT2D eigenvalue weighted by molar-refractivity contribution is 0.145. The maximum absolute atomic E-state index is 9.77. The minimum atomic E-state index is -0.367. The zero-order valence-corrected chi connectivity index (χ0v) is 14.8. The van der Waals surface area contributed by atoms with Gasteiger partial charge in [0.1, 0.15) is 0 Å². The van der Waals surface area contributed by atoms with Crippen LogP contribution >= 0.6 is 0 Å². The first kappa shape index (κ1) is 17.3. The summed E-state index contributed by atoms with van der Waals surface area (Å²) >= 11 is 0. The van der Waals surface area contributed by atoms with Gasteiger partial charge in [0.05, 0.1) is 18.3 Å². The number of benzene rings is 1. The molecule has 0 unspecified atom stereocenters. The van der Waals surface area contributed by atoms with Gasteiger partial charge in [0.15, 0.2) is 5.82 Å². The lowest BCUT2D eigenvalue weighted by atomic mass is 10.1. The molecular weight excluding hydrogens is 312 g/mol. The van der Waals surface area contributed by atoms with Crippen LogP contribution in [0.5, 0.6) is 0 Å². The topological polar surface area (TPSA) is 63.8 Å². The number of aliphatic hydroxyl groups excluding tert-OH is 1. The fraction of sp³-hybridized carbons (Fsp3) is 0.350. The molecule has 0 fully saturated rings. The van der Waals surface area contributed by atoms with Crippen molar-refractivity contribution >= 4 is 0 Å². The summed E-state index contributed by atoms with van der Waals surface area (Å²) in [7, 11) is 0. The molecule has 3 rings (SSSR count). The van der Waals surface area contributed by atoms with Crippen molar-refractivity contribution in [3.63, 3.8) is 0 Å². The van der Waals surface area contributed by atoms with Gasteiger partial charge in [-0.2, -0.15) is 5.10 Å². The molecule has 25 heavy (non-hydrogen) atoms. The average molecular weight is 336 g/mol. The van der Waals surface area contributed by atoms with Gasteiger partial charge in [-0.1, -0.05) is 38.5 Å². The first-order valence-corrected chi connectivity index (χ1v) is 8.82. The Labute approximate surface area is 148 Å². The predicted octanol–water partition coefficient (Wildman–Crippen LogP) is 3.73. The van der Waals surface area contributed by atoms with Gasteiger partial charge in [-0.25, -0.2) is 9.97 Å². The van der Waals surface area contributed by atoms with Crippen molar-refractivity contribution in [3.05, 3.63) is 54.5 Å². The highest BCUT2D eigenvalue weighted by atomic mass is 16.3. The molecule has 0 radical (unpaired) electrons. The Hall–Kier alpha value is -2.53. The number of aromatic nitrogens is 4. The molecule has 1 aromatic carbocycles. The Balaban J connectivity index is 1.81. The van der Waals surface area contributed by atoms with Crippen LogP contribution in [-0.4, -0.2) is 31.0 Å². The van der Waals surface area contributed by atoms with Gasteiger partial charge in [-0.05, 0) is 30.5 Å². The SMILES string of the molecule is CCCc1cnc(-c2cccc(-c3ccn(C[C@H](O)CC)n3)c2)nc1. The first-order chi connectivity index (χ1) is 12.2. The van der Waals surface area contributed by atoms with E-state index in [1.165, 1.54) is 0 Å². The van der Waals surface area contributed by atoms with Crippen molar-refractivity contribution < 1.29 is 5.11 Å². The summed E-state index contributed by atoms with van der Waals surface area (Å²) in [4.78, 5) is 8.98. The lowest BCUT2D eigenvalue weighted by Gasteiger charge is -2.07. The fourth-order valence-electron chi connectivity index (χ4n) is 2.70. The lowest BCUT2D eigenvalue weighted by Crippen LogP contribution is -2.14.